The number of nitrogens with two attached hydrogens (primary N) is 1. The first-order valence-electron chi connectivity index (χ1n) is 28.4. The molecule has 2 fully saturated rings. The highest BCUT2D eigenvalue weighted by Gasteiger charge is 2.30. The number of esters is 2. The summed E-state index contributed by atoms with van der Waals surface area (Å²) in [6, 6.07) is 44.9. The zero-order chi connectivity index (χ0) is 64.3. The molecule has 3 aromatic heterocycles. The highest BCUT2D eigenvalue weighted by molar-refractivity contribution is 6.16. The number of carboxylic acids is 1. The van der Waals surface area contributed by atoms with Gasteiger partial charge in [0.25, 0.3) is 16.7 Å². The van der Waals surface area contributed by atoms with E-state index in [0.29, 0.717) is 94.4 Å². The van der Waals surface area contributed by atoms with Gasteiger partial charge in [-0.05, 0) is 97.5 Å². The van der Waals surface area contributed by atoms with Crippen LogP contribution in [0.3, 0.4) is 0 Å². The fraction of sp³-hybridized carbons (Fsp3) is 0.194. The first-order valence-corrected chi connectivity index (χ1v) is 28.4. The molecule has 2 aliphatic heterocycles. The van der Waals surface area contributed by atoms with Gasteiger partial charge in [-0.25, -0.2) is 33.4 Å². The number of nitrogen functional groups attached to an aromatic ring is 1. The Hall–Kier alpha value is -11.2. The van der Waals surface area contributed by atoms with Crippen LogP contribution < -0.4 is 32.6 Å². The van der Waals surface area contributed by atoms with Crippen molar-refractivity contribution in [2.75, 3.05) is 16.0 Å². The molecule has 0 spiro atoms. The molecule has 23 heteroatoms. The van der Waals surface area contributed by atoms with Crippen molar-refractivity contribution in [2.45, 2.75) is 84.0 Å². The number of nitrogens with zero attached hydrogens (tertiary/aromatic N) is 4. The van der Waals surface area contributed by atoms with Crippen molar-refractivity contribution < 1.29 is 51.8 Å². The first-order chi connectivity index (χ1) is 43.3. The number of nitrogens with one attached hydrogen (secondary N) is 4. The minimum absolute atomic E-state index is 0.0118. The summed E-state index contributed by atoms with van der Waals surface area (Å²) >= 11 is 0. The van der Waals surface area contributed by atoms with Gasteiger partial charge in [-0.2, -0.15) is 15.3 Å². The number of carbonyl (C=O) groups is 6. The lowest BCUT2D eigenvalue weighted by Crippen LogP contribution is -2.40. The third kappa shape index (κ3) is 17.7. The van der Waals surface area contributed by atoms with Gasteiger partial charge in [0, 0.05) is 73.9 Å². The summed E-state index contributed by atoms with van der Waals surface area (Å²) in [6.45, 7) is 2.08. The monoisotopic (exact) mass is 1220 g/mol. The molecule has 0 bridgehead atoms. The lowest BCUT2D eigenvalue weighted by molar-refractivity contribution is -0.163. The predicted molar refractivity (Wildman–Crippen MR) is 332 cm³/mol. The van der Waals surface area contributed by atoms with Crippen LogP contribution in [0, 0.1) is 24.4 Å². The van der Waals surface area contributed by atoms with Crippen molar-refractivity contribution >= 4 is 85.0 Å². The van der Waals surface area contributed by atoms with Crippen molar-refractivity contribution in [3.63, 3.8) is 0 Å². The second-order valence-corrected chi connectivity index (χ2v) is 20.7. The second-order valence-electron chi connectivity index (χ2n) is 20.7. The van der Waals surface area contributed by atoms with Crippen LogP contribution in [-0.2, 0) is 52.8 Å². The van der Waals surface area contributed by atoms with Gasteiger partial charge in [0.2, 0.25) is 17.7 Å². The van der Waals surface area contributed by atoms with Gasteiger partial charge in [-0.15, -0.1) is 0 Å². The topological polar surface area (TPSA) is 310 Å². The van der Waals surface area contributed by atoms with Crippen molar-refractivity contribution in [1.82, 2.24) is 30.6 Å². The van der Waals surface area contributed by atoms with Crippen LogP contribution in [-0.4, -0.2) is 71.3 Å². The van der Waals surface area contributed by atoms with Crippen LogP contribution in [0.2, 0.25) is 0 Å². The van der Waals surface area contributed by atoms with Crippen LogP contribution in [0.4, 0.5) is 30.2 Å². The van der Waals surface area contributed by atoms with E-state index in [-0.39, 0.29) is 77.8 Å². The number of H-pyrrole nitrogens is 3. The number of rotatable bonds is 12. The normalized spacial score (nSPS) is 12.7. The van der Waals surface area contributed by atoms with Crippen LogP contribution in [0.15, 0.2) is 172 Å². The van der Waals surface area contributed by atoms with E-state index in [9.17, 15) is 56.3 Å². The zero-order valence-electron chi connectivity index (χ0n) is 48.5. The van der Waals surface area contributed by atoms with E-state index >= 15 is 0 Å². The maximum absolute atomic E-state index is 14.3. The summed E-state index contributed by atoms with van der Waals surface area (Å²) in [5, 5.41) is 34.6. The number of cyclic esters (lactones) is 2. The fourth-order valence-electron chi connectivity index (χ4n) is 9.60. The van der Waals surface area contributed by atoms with Gasteiger partial charge in [-0.3, -0.25) is 43.2 Å². The highest BCUT2D eigenvalue weighted by Crippen LogP contribution is 2.28. The summed E-state index contributed by atoms with van der Waals surface area (Å²) in [4.78, 5) is 104. The van der Waals surface area contributed by atoms with Crippen molar-refractivity contribution in [1.29, 1.82) is 0 Å². The number of piperidine rings is 1. The Morgan fingerprint density at radius 2 is 0.933 bits per heavy atom. The number of aromatic nitrogens is 6. The predicted octanol–water partition coefficient (Wildman–Crippen LogP) is 10.0. The molecule has 0 atom stereocenters. The van der Waals surface area contributed by atoms with E-state index in [2.05, 4.69) is 59.7 Å². The van der Waals surface area contributed by atoms with Crippen LogP contribution >= 0.6 is 0 Å². The molecule has 10 aromatic rings. The summed E-state index contributed by atoms with van der Waals surface area (Å²) in [6.07, 6.45) is 3.54. The van der Waals surface area contributed by atoms with E-state index in [0.717, 1.165) is 21.5 Å². The first kappa shape index (κ1) is 64.8. The molecule has 3 amide bonds. The Kier molecular flexibility index (Phi) is 22.2. The van der Waals surface area contributed by atoms with Crippen LogP contribution in [0.1, 0.15) is 97.1 Å². The largest absolute Gasteiger partial charge is 0.481 e. The average Bonchev–Trinajstić information content (AvgIpc) is 0.986. The Balaban J connectivity index is 0.000000157. The molecular weight excluding hydrogens is 1160 g/mol. The number of fused-ring (bicyclic) bond motifs is 3. The molecular formula is C67H60F3N9O11. The molecule has 0 saturated carbocycles. The molecule has 7 aromatic carbocycles. The molecule has 2 saturated heterocycles. The van der Waals surface area contributed by atoms with Gasteiger partial charge >= 0.3 is 17.9 Å². The SMILES string of the molecule is Cc1ccccc1.Nc1cc(Cc2n[nH]c(=O)c3ccccc23)ccc1F.O=C(O)CCCC(=O)Nc1cc(Cc2n[nH]c(=O)c3ccccc23)ccc1F.O=C1CCCC(=O)N1c1cc(Cc2n[nH]c(=O)c3ccccc23)ccc1F.O=C1CCCC(=O)O1. The molecule has 5 heterocycles. The number of halogens is 3. The number of imide groups is 1. The average molecular weight is 1220 g/mol. The van der Waals surface area contributed by atoms with Gasteiger partial charge < -0.3 is 20.9 Å². The summed E-state index contributed by atoms with van der Waals surface area (Å²) < 4.78 is 45.8. The maximum atomic E-state index is 14.3. The Bertz CT molecular complexity index is 4450. The summed E-state index contributed by atoms with van der Waals surface area (Å²) in [5.41, 5.74) is 10.4. The number of hydrogen-bond donors (Lipinski definition) is 6. The molecule has 12 rings (SSSR count). The lowest BCUT2D eigenvalue weighted by atomic mass is 10.0. The number of benzene rings is 7. The quantitative estimate of drug-likeness (QED) is 0.0287. The van der Waals surface area contributed by atoms with Crippen molar-refractivity contribution in [3.05, 3.63) is 246 Å². The minimum Gasteiger partial charge on any atom is -0.481 e. The van der Waals surface area contributed by atoms with Crippen molar-refractivity contribution in [3.8, 4) is 0 Å². The molecule has 2 aliphatic rings. The Morgan fingerprint density at radius 1 is 0.522 bits per heavy atom. The van der Waals surface area contributed by atoms with Gasteiger partial charge in [0.1, 0.15) is 17.5 Å². The lowest BCUT2D eigenvalue weighted by Gasteiger charge is -2.25. The molecule has 460 valence electrons. The molecule has 0 aliphatic carbocycles. The van der Waals surface area contributed by atoms with E-state index < -0.39 is 41.1 Å². The molecule has 7 N–H and O–H groups in total. The van der Waals surface area contributed by atoms with Crippen LogP contribution in [0.5, 0.6) is 0 Å². The third-order valence-corrected chi connectivity index (χ3v) is 14.1. The van der Waals surface area contributed by atoms with E-state index in [1.165, 1.54) is 35.9 Å². The number of ether oxygens (including phenoxy) is 1. The second kappa shape index (κ2) is 30.9. The number of carbonyl (C=O) groups excluding carboxylic acids is 5. The van der Waals surface area contributed by atoms with E-state index in [1.807, 2.05) is 36.4 Å². The van der Waals surface area contributed by atoms with Gasteiger partial charge in [0.15, 0.2) is 0 Å². The minimum atomic E-state index is -0.985. The number of anilines is 3. The van der Waals surface area contributed by atoms with Crippen LogP contribution in [0.25, 0.3) is 32.3 Å². The number of aryl methyl sites for hydroxylation is 1. The molecule has 0 unspecified atom stereocenters. The number of hydrogen-bond acceptors (Lipinski definition) is 14. The van der Waals surface area contributed by atoms with E-state index in [4.69, 9.17) is 10.8 Å². The van der Waals surface area contributed by atoms with Crippen molar-refractivity contribution in [2.24, 2.45) is 0 Å². The maximum Gasteiger partial charge on any atom is 0.313 e. The Morgan fingerprint density at radius 3 is 1.36 bits per heavy atom. The fourth-order valence-corrected chi connectivity index (χ4v) is 9.60. The highest BCUT2D eigenvalue weighted by atomic mass is 19.1. The van der Waals surface area contributed by atoms with Gasteiger partial charge in [-0.1, -0.05) is 109 Å². The van der Waals surface area contributed by atoms with E-state index in [1.54, 1.807) is 78.9 Å². The summed E-state index contributed by atoms with van der Waals surface area (Å²) in [5.74, 6) is -4.65. The zero-order valence-corrected chi connectivity index (χ0v) is 48.5. The summed E-state index contributed by atoms with van der Waals surface area (Å²) in [7, 11) is 0. The molecule has 0 radical (unpaired) electrons. The number of amides is 3. The number of aliphatic carboxylic acids is 1. The number of carboxylic acid groups (broad SMARTS) is 1. The van der Waals surface area contributed by atoms with Gasteiger partial charge in [0.05, 0.1) is 50.3 Å². The molecule has 90 heavy (non-hydrogen) atoms. The smallest absolute Gasteiger partial charge is 0.313 e. The molecule has 20 nitrogen and oxygen atoms in total. The third-order valence-electron chi connectivity index (χ3n) is 14.1. The standard InChI is InChI=1S/C20H18FN3O4.C20H16FN3O3.C15H12FN3O.C7H8.C5H6O3/c21-15-9-8-12(11-17(15)22-18(25)6-3-7-19(26)27)10-16-13-4-1-2-5-14(13)20(28)24-23-16;21-15-9-8-12(11-17(15)24-18(25)6-3-7-19(24)26)10-16-13-4-1-2-5-14(13)20(27)23-22-16;16-12-6-5-9(7-13(12)17)8-14-10-3-1-2-4-11(10)15(20)19-18-14;1-7-5-3-2-4-6-7;6-4-2-1-3-5(7)8-4/h1-2,4-5,8-9,11H,3,6-7,10H2,(H,22,25)(H,24,28)(H,26,27);1-2,4-5,8-9,11H,3,6-7,10H2,(H,23,27);1-7H,8,17H2,(H,19,20);2-6H,1H3;1-3H2. The number of aromatic amines is 3. The Labute approximate surface area is 510 Å².